The fourth-order valence-electron chi connectivity index (χ4n) is 1.56. The Labute approximate surface area is 104 Å². The number of thiophene rings is 1. The van der Waals surface area contributed by atoms with E-state index in [2.05, 4.69) is 21.2 Å². The molecule has 0 saturated carbocycles. The van der Waals surface area contributed by atoms with Gasteiger partial charge in [-0.2, -0.15) is 0 Å². The van der Waals surface area contributed by atoms with Crippen molar-refractivity contribution < 1.29 is 14.7 Å². The lowest BCUT2D eigenvalue weighted by Gasteiger charge is -2.10. The number of carbonyl (C=O) groups excluding carboxylic acids is 1. The molecule has 2 heterocycles. The van der Waals surface area contributed by atoms with Gasteiger partial charge >= 0.3 is 12.0 Å². The lowest BCUT2D eigenvalue weighted by Crippen LogP contribution is -2.32. The highest BCUT2D eigenvalue weighted by Crippen LogP contribution is 2.28. The largest absolute Gasteiger partial charge is 0.480 e. The molecule has 1 saturated heterocycles. The highest BCUT2D eigenvalue weighted by molar-refractivity contribution is 9.10. The van der Waals surface area contributed by atoms with Crippen molar-refractivity contribution >= 4 is 39.3 Å². The van der Waals surface area contributed by atoms with Gasteiger partial charge in [0, 0.05) is 21.3 Å². The van der Waals surface area contributed by atoms with Gasteiger partial charge in [0.1, 0.15) is 6.54 Å². The van der Waals surface area contributed by atoms with Crippen LogP contribution in [0.5, 0.6) is 0 Å². The maximum atomic E-state index is 11.4. The van der Waals surface area contributed by atoms with Crippen molar-refractivity contribution in [1.82, 2.24) is 10.2 Å². The third-order valence-electron chi connectivity index (χ3n) is 2.25. The normalized spacial score (nSPS) is 19.9. The number of urea groups is 1. The number of carboxylic acid groups (broad SMARTS) is 1. The van der Waals surface area contributed by atoms with E-state index in [1.807, 2.05) is 11.4 Å². The van der Waals surface area contributed by atoms with Crippen LogP contribution in [0.15, 0.2) is 15.9 Å². The van der Waals surface area contributed by atoms with Crippen molar-refractivity contribution in [3.8, 4) is 0 Å². The van der Waals surface area contributed by atoms with E-state index in [0.717, 1.165) is 9.35 Å². The Kier molecular flexibility index (Phi) is 3.15. The van der Waals surface area contributed by atoms with Crippen molar-refractivity contribution in [3.63, 3.8) is 0 Å². The van der Waals surface area contributed by atoms with Gasteiger partial charge in [0.2, 0.25) is 0 Å². The Morgan fingerprint density at radius 3 is 3.06 bits per heavy atom. The van der Waals surface area contributed by atoms with Crippen molar-refractivity contribution in [3.05, 3.63) is 20.8 Å². The summed E-state index contributed by atoms with van der Waals surface area (Å²) in [5.74, 6) is -0.997. The summed E-state index contributed by atoms with van der Waals surface area (Å²) in [6, 6.07) is 1.50. The van der Waals surface area contributed by atoms with E-state index >= 15 is 0 Å². The second-order valence-corrected chi connectivity index (χ2v) is 5.30. The topological polar surface area (TPSA) is 69.6 Å². The highest BCUT2D eigenvalue weighted by atomic mass is 79.9. The van der Waals surface area contributed by atoms with Crippen LogP contribution in [0.3, 0.4) is 0 Å². The number of rotatable bonds is 3. The number of nitrogens with one attached hydrogen (secondary N) is 1. The van der Waals surface area contributed by atoms with Crippen molar-refractivity contribution in [1.29, 1.82) is 0 Å². The summed E-state index contributed by atoms with van der Waals surface area (Å²) in [7, 11) is 0. The van der Waals surface area contributed by atoms with E-state index in [4.69, 9.17) is 5.11 Å². The molecular formula is C9H9BrN2O3S. The second-order valence-electron chi connectivity index (χ2n) is 3.44. The maximum absolute atomic E-state index is 11.4. The Morgan fingerprint density at radius 2 is 2.50 bits per heavy atom. The molecule has 16 heavy (non-hydrogen) atoms. The molecule has 0 radical (unpaired) electrons. The maximum Gasteiger partial charge on any atom is 0.323 e. The summed E-state index contributed by atoms with van der Waals surface area (Å²) in [6.07, 6.45) is 0. The first-order chi connectivity index (χ1) is 7.56. The second kappa shape index (κ2) is 4.42. The first-order valence-electron chi connectivity index (χ1n) is 4.57. The predicted molar refractivity (Wildman–Crippen MR) is 62.5 cm³/mol. The minimum absolute atomic E-state index is 0.108. The molecule has 1 atom stereocenters. The number of carboxylic acids is 1. The van der Waals surface area contributed by atoms with E-state index in [-0.39, 0.29) is 18.6 Å². The number of aliphatic carboxylic acids is 1. The fourth-order valence-corrected chi connectivity index (χ4v) is 3.05. The van der Waals surface area contributed by atoms with Crippen molar-refractivity contribution in [2.24, 2.45) is 0 Å². The summed E-state index contributed by atoms with van der Waals surface area (Å²) in [5.41, 5.74) is 0. The van der Waals surface area contributed by atoms with Crippen LogP contribution in [-0.4, -0.2) is 35.1 Å². The molecule has 1 fully saturated rings. The minimum atomic E-state index is -0.997. The number of nitrogens with zero attached hydrogens (tertiary/aromatic N) is 1. The molecule has 1 aliphatic heterocycles. The van der Waals surface area contributed by atoms with Crippen LogP contribution in [0.25, 0.3) is 0 Å². The first-order valence-corrected chi connectivity index (χ1v) is 6.24. The zero-order valence-electron chi connectivity index (χ0n) is 8.14. The summed E-state index contributed by atoms with van der Waals surface area (Å²) in [5, 5.41) is 13.3. The van der Waals surface area contributed by atoms with Gasteiger partial charge in [-0.3, -0.25) is 4.79 Å². The highest BCUT2D eigenvalue weighted by Gasteiger charge is 2.31. The summed E-state index contributed by atoms with van der Waals surface area (Å²) >= 11 is 4.87. The average molecular weight is 305 g/mol. The molecule has 0 spiro atoms. The molecule has 0 aliphatic carbocycles. The molecule has 0 bridgehead atoms. The van der Waals surface area contributed by atoms with Crippen LogP contribution in [0.4, 0.5) is 4.79 Å². The number of hydrogen-bond donors (Lipinski definition) is 2. The quantitative estimate of drug-likeness (QED) is 0.892. The summed E-state index contributed by atoms with van der Waals surface area (Å²) in [4.78, 5) is 24.3. The van der Waals surface area contributed by atoms with Crippen LogP contribution >= 0.6 is 27.3 Å². The Morgan fingerprint density at radius 1 is 1.75 bits per heavy atom. The molecule has 5 nitrogen and oxygen atoms in total. The molecule has 1 aromatic heterocycles. The van der Waals surface area contributed by atoms with Gasteiger partial charge in [0.05, 0.1) is 6.04 Å². The smallest absolute Gasteiger partial charge is 0.323 e. The number of carbonyl (C=O) groups is 2. The molecule has 2 N–H and O–H groups in total. The zero-order valence-corrected chi connectivity index (χ0v) is 10.5. The number of hydrogen-bond acceptors (Lipinski definition) is 3. The third-order valence-corrected chi connectivity index (χ3v) is 4.05. The molecule has 0 aromatic carbocycles. The van der Waals surface area contributed by atoms with E-state index in [1.54, 1.807) is 0 Å². The summed E-state index contributed by atoms with van der Waals surface area (Å²) in [6.45, 7) is 0.146. The molecule has 2 rings (SSSR count). The van der Waals surface area contributed by atoms with E-state index in [9.17, 15) is 9.59 Å². The molecule has 7 heteroatoms. The lowest BCUT2D eigenvalue weighted by atomic mass is 10.2. The molecular weight excluding hydrogens is 296 g/mol. The molecule has 1 unspecified atom stereocenters. The number of amides is 2. The van der Waals surface area contributed by atoms with Gasteiger partial charge < -0.3 is 15.3 Å². The predicted octanol–water partition coefficient (Wildman–Crippen LogP) is 1.66. The van der Waals surface area contributed by atoms with E-state index in [1.165, 1.54) is 16.2 Å². The van der Waals surface area contributed by atoms with Crippen LogP contribution in [0.2, 0.25) is 0 Å². The average Bonchev–Trinajstić information content (AvgIpc) is 2.74. The number of halogens is 1. The fraction of sp³-hybridized carbons (Fsp3) is 0.333. The van der Waals surface area contributed by atoms with Crippen LogP contribution in [-0.2, 0) is 4.79 Å². The van der Waals surface area contributed by atoms with Gasteiger partial charge in [-0.25, -0.2) is 4.79 Å². The van der Waals surface area contributed by atoms with Gasteiger partial charge in [-0.1, -0.05) is 0 Å². The van der Waals surface area contributed by atoms with Crippen molar-refractivity contribution in [2.75, 3.05) is 13.1 Å². The molecule has 1 aromatic rings. The Balaban J connectivity index is 2.06. The van der Waals surface area contributed by atoms with Crippen LogP contribution in [0, 0.1) is 0 Å². The minimum Gasteiger partial charge on any atom is -0.480 e. The molecule has 86 valence electrons. The monoisotopic (exact) mass is 304 g/mol. The Bertz CT molecular complexity index is 434. The Hall–Kier alpha value is -1.08. The van der Waals surface area contributed by atoms with E-state index in [0.29, 0.717) is 6.54 Å². The first kappa shape index (κ1) is 11.4. The zero-order chi connectivity index (χ0) is 11.7. The SMILES string of the molecule is O=C(O)CN1CC(c2cc(Br)cs2)NC1=O. The van der Waals surface area contributed by atoms with E-state index < -0.39 is 5.97 Å². The van der Waals surface area contributed by atoms with Crippen molar-refractivity contribution in [2.45, 2.75) is 6.04 Å². The van der Waals surface area contributed by atoms with Crippen LogP contribution in [0.1, 0.15) is 10.9 Å². The van der Waals surface area contributed by atoms with Gasteiger partial charge in [-0.15, -0.1) is 11.3 Å². The standard InChI is InChI=1S/C9H9BrN2O3S/c10-5-1-7(16-4-5)6-2-12(3-8(13)14)9(15)11-6/h1,4,6H,2-3H2,(H,11,15)(H,13,14). The van der Waals surface area contributed by atoms with Gasteiger partial charge in [0.25, 0.3) is 0 Å². The van der Waals surface area contributed by atoms with Gasteiger partial charge in [-0.05, 0) is 22.0 Å². The molecule has 1 aliphatic rings. The lowest BCUT2D eigenvalue weighted by molar-refractivity contribution is -0.137. The third kappa shape index (κ3) is 2.35. The summed E-state index contributed by atoms with van der Waals surface area (Å²) < 4.78 is 0.971. The van der Waals surface area contributed by atoms with Crippen LogP contribution < -0.4 is 5.32 Å². The molecule has 2 amide bonds. The van der Waals surface area contributed by atoms with Gasteiger partial charge in [0.15, 0.2) is 0 Å².